The molecule has 3 heteroatoms. The Hall–Kier alpha value is -0.730. The Morgan fingerprint density at radius 2 is 1.92 bits per heavy atom. The van der Waals surface area contributed by atoms with E-state index in [1.165, 1.54) is 0 Å². The average molecular weight is 185 g/mol. The zero-order valence-corrected chi connectivity index (χ0v) is 8.80. The first-order valence-corrected chi connectivity index (χ1v) is 5.03. The molecule has 13 heavy (non-hydrogen) atoms. The lowest BCUT2D eigenvalue weighted by Crippen LogP contribution is -2.36. The number of hydrogen-bond acceptors (Lipinski definition) is 2. The van der Waals surface area contributed by atoms with Crippen LogP contribution in [-0.4, -0.2) is 29.7 Å². The van der Waals surface area contributed by atoms with E-state index < -0.39 is 0 Å². The SMILES string of the molecule is CCC(C)(C)OC(=O)N1CCCC1. The summed E-state index contributed by atoms with van der Waals surface area (Å²) in [6.45, 7) is 7.64. The fraction of sp³-hybridized carbons (Fsp3) is 0.900. The van der Waals surface area contributed by atoms with E-state index in [9.17, 15) is 4.79 Å². The van der Waals surface area contributed by atoms with Gasteiger partial charge < -0.3 is 9.64 Å². The number of hydrogen-bond donors (Lipinski definition) is 0. The molecular weight excluding hydrogens is 166 g/mol. The second kappa shape index (κ2) is 3.99. The summed E-state index contributed by atoms with van der Waals surface area (Å²) in [4.78, 5) is 13.3. The van der Waals surface area contributed by atoms with Crippen molar-refractivity contribution in [1.82, 2.24) is 4.90 Å². The molecule has 1 heterocycles. The van der Waals surface area contributed by atoms with E-state index in [1.807, 2.05) is 20.8 Å². The van der Waals surface area contributed by atoms with E-state index in [0.29, 0.717) is 0 Å². The Kier molecular flexibility index (Phi) is 3.17. The molecule has 0 spiro atoms. The van der Waals surface area contributed by atoms with Crippen LogP contribution >= 0.6 is 0 Å². The van der Waals surface area contributed by atoms with Gasteiger partial charge in [-0.15, -0.1) is 0 Å². The largest absolute Gasteiger partial charge is 0.443 e. The molecule has 0 N–H and O–H groups in total. The van der Waals surface area contributed by atoms with Crippen molar-refractivity contribution in [1.29, 1.82) is 0 Å². The molecule has 0 bridgehead atoms. The second-order valence-corrected chi connectivity index (χ2v) is 4.18. The molecule has 0 aromatic carbocycles. The molecule has 1 amide bonds. The molecular formula is C10H19NO2. The Balaban J connectivity index is 2.40. The van der Waals surface area contributed by atoms with E-state index in [0.717, 1.165) is 32.4 Å². The van der Waals surface area contributed by atoms with Gasteiger partial charge in [0.2, 0.25) is 0 Å². The Bertz CT molecular complexity index is 183. The highest BCUT2D eigenvalue weighted by Crippen LogP contribution is 2.17. The maximum Gasteiger partial charge on any atom is 0.410 e. The first-order valence-electron chi connectivity index (χ1n) is 5.03. The van der Waals surface area contributed by atoms with Gasteiger partial charge in [-0.25, -0.2) is 4.79 Å². The highest BCUT2D eigenvalue weighted by molar-refractivity contribution is 5.68. The van der Waals surface area contributed by atoms with Crippen LogP contribution in [0.1, 0.15) is 40.0 Å². The van der Waals surface area contributed by atoms with Gasteiger partial charge in [0.1, 0.15) is 5.60 Å². The molecule has 0 atom stereocenters. The normalized spacial score (nSPS) is 17.6. The van der Waals surface area contributed by atoms with Gasteiger partial charge in [-0.3, -0.25) is 0 Å². The smallest absolute Gasteiger partial charge is 0.410 e. The standard InChI is InChI=1S/C10H19NO2/c1-4-10(2,3)13-9(12)11-7-5-6-8-11/h4-8H2,1-3H3. The molecule has 3 nitrogen and oxygen atoms in total. The van der Waals surface area contributed by atoms with Crippen molar-refractivity contribution in [2.75, 3.05) is 13.1 Å². The summed E-state index contributed by atoms with van der Waals surface area (Å²) in [6, 6.07) is 0. The molecule has 1 aliphatic rings. The lowest BCUT2D eigenvalue weighted by molar-refractivity contribution is 0.0153. The zero-order valence-electron chi connectivity index (χ0n) is 8.80. The van der Waals surface area contributed by atoms with Gasteiger partial charge in [-0.2, -0.15) is 0 Å². The van der Waals surface area contributed by atoms with Crippen molar-refractivity contribution in [3.63, 3.8) is 0 Å². The summed E-state index contributed by atoms with van der Waals surface area (Å²) in [7, 11) is 0. The lowest BCUT2D eigenvalue weighted by Gasteiger charge is -2.26. The van der Waals surface area contributed by atoms with Crippen LogP contribution in [0.3, 0.4) is 0 Å². The molecule has 1 aliphatic heterocycles. The third-order valence-corrected chi connectivity index (χ3v) is 2.58. The van der Waals surface area contributed by atoms with Crippen LogP contribution in [0.2, 0.25) is 0 Å². The molecule has 76 valence electrons. The minimum Gasteiger partial charge on any atom is -0.443 e. The van der Waals surface area contributed by atoms with Crippen molar-refractivity contribution >= 4 is 6.09 Å². The fourth-order valence-corrected chi connectivity index (χ4v) is 1.27. The molecule has 0 saturated carbocycles. The number of likely N-dealkylation sites (tertiary alicyclic amines) is 1. The third kappa shape index (κ3) is 2.90. The molecule has 0 aromatic heterocycles. The van der Waals surface area contributed by atoms with E-state index in [4.69, 9.17) is 4.74 Å². The second-order valence-electron chi connectivity index (χ2n) is 4.18. The highest BCUT2D eigenvalue weighted by Gasteiger charge is 2.25. The predicted octanol–water partition coefficient (Wildman–Crippen LogP) is 2.41. The summed E-state index contributed by atoms with van der Waals surface area (Å²) in [5, 5.41) is 0. The molecule has 1 fully saturated rings. The van der Waals surface area contributed by atoms with Crippen LogP contribution in [0.4, 0.5) is 4.79 Å². The first-order chi connectivity index (χ1) is 6.05. The summed E-state index contributed by atoms with van der Waals surface area (Å²) in [5.74, 6) is 0. The van der Waals surface area contributed by atoms with Gasteiger partial charge in [0.05, 0.1) is 0 Å². The van der Waals surface area contributed by atoms with Crippen LogP contribution in [-0.2, 0) is 4.74 Å². The average Bonchev–Trinajstić information content (AvgIpc) is 2.55. The minimum absolute atomic E-state index is 0.149. The molecule has 1 saturated heterocycles. The minimum atomic E-state index is -0.320. The van der Waals surface area contributed by atoms with E-state index >= 15 is 0 Å². The van der Waals surface area contributed by atoms with Crippen LogP contribution in [0.5, 0.6) is 0 Å². The van der Waals surface area contributed by atoms with Crippen molar-refractivity contribution in [3.8, 4) is 0 Å². The molecule has 1 rings (SSSR count). The zero-order chi connectivity index (χ0) is 9.90. The number of carbonyl (C=O) groups excluding carboxylic acids is 1. The number of rotatable bonds is 2. The van der Waals surface area contributed by atoms with Gasteiger partial charge in [0, 0.05) is 13.1 Å². The summed E-state index contributed by atoms with van der Waals surface area (Å²) < 4.78 is 5.36. The van der Waals surface area contributed by atoms with E-state index in [2.05, 4.69) is 0 Å². The van der Waals surface area contributed by atoms with Gasteiger partial charge in [0.25, 0.3) is 0 Å². The van der Waals surface area contributed by atoms with E-state index in [1.54, 1.807) is 4.90 Å². The predicted molar refractivity (Wildman–Crippen MR) is 51.7 cm³/mol. The van der Waals surface area contributed by atoms with Gasteiger partial charge in [-0.05, 0) is 33.1 Å². The monoisotopic (exact) mass is 185 g/mol. The van der Waals surface area contributed by atoms with Gasteiger partial charge in [0.15, 0.2) is 0 Å². The molecule has 0 unspecified atom stereocenters. The number of amides is 1. The molecule has 0 aromatic rings. The van der Waals surface area contributed by atoms with Crippen LogP contribution < -0.4 is 0 Å². The van der Waals surface area contributed by atoms with Gasteiger partial charge >= 0.3 is 6.09 Å². The summed E-state index contributed by atoms with van der Waals surface area (Å²) in [6.07, 6.45) is 2.93. The number of carbonyl (C=O) groups is 1. The Morgan fingerprint density at radius 3 is 2.38 bits per heavy atom. The number of ether oxygens (including phenoxy) is 1. The Morgan fingerprint density at radius 1 is 1.38 bits per heavy atom. The van der Waals surface area contributed by atoms with Crippen molar-refractivity contribution in [2.24, 2.45) is 0 Å². The van der Waals surface area contributed by atoms with E-state index in [-0.39, 0.29) is 11.7 Å². The van der Waals surface area contributed by atoms with Gasteiger partial charge in [-0.1, -0.05) is 6.92 Å². The topological polar surface area (TPSA) is 29.5 Å². The Labute approximate surface area is 80.1 Å². The molecule has 0 radical (unpaired) electrons. The van der Waals surface area contributed by atoms with Crippen molar-refractivity contribution in [2.45, 2.75) is 45.6 Å². The fourth-order valence-electron chi connectivity index (χ4n) is 1.27. The lowest BCUT2D eigenvalue weighted by atomic mass is 10.1. The third-order valence-electron chi connectivity index (χ3n) is 2.58. The highest BCUT2D eigenvalue weighted by atomic mass is 16.6. The maximum atomic E-state index is 11.5. The number of nitrogens with zero attached hydrogens (tertiary/aromatic N) is 1. The van der Waals surface area contributed by atoms with Crippen LogP contribution in [0.15, 0.2) is 0 Å². The van der Waals surface area contributed by atoms with Crippen molar-refractivity contribution < 1.29 is 9.53 Å². The van der Waals surface area contributed by atoms with Crippen molar-refractivity contribution in [3.05, 3.63) is 0 Å². The first kappa shape index (κ1) is 10.4. The molecule has 0 aliphatic carbocycles. The quantitative estimate of drug-likeness (QED) is 0.661. The van der Waals surface area contributed by atoms with Crippen LogP contribution in [0, 0.1) is 0 Å². The summed E-state index contributed by atoms with van der Waals surface area (Å²) >= 11 is 0. The maximum absolute atomic E-state index is 11.5. The summed E-state index contributed by atoms with van der Waals surface area (Å²) in [5.41, 5.74) is -0.320. The van der Waals surface area contributed by atoms with Crippen LogP contribution in [0.25, 0.3) is 0 Å².